The van der Waals surface area contributed by atoms with Crippen molar-refractivity contribution in [1.29, 1.82) is 0 Å². The largest absolute Gasteiger partial charge is 0.463 e. The molecule has 0 unspecified atom stereocenters. The molecule has 0 aromatic carbocycles. The van der Waals surface area contributed by atoms with Gasteiger partial charge < -0.3 is 42.6 Å². The Labute approximate surface area is 269 Å². The average Bonchev–Trinajstić information content (AvgIpc) is 3.03. The highest BCUT2D eigenvalue weighted by atomic mass is 16.6. The maximum atomic E-state index is 11.5. The summed E-state index contributed by atoms with van der Waals surface area (Å²) >= 11 is 0. The van der Waals surface area contributed by atoms with Crippen molar-refractivity contribution in [3.05, 3.63) is 0 Å². The second-order valence-electron chi connectivity index (χ2n) is 10.8. The van der Waals surface area contributed by atoms with E-state index in [4.69, 9.17) is 42.6 Å². The SMILES string of the molecule is CCCCCCCCCCCCOCCOCCOCCOCCOCCOCCOCCOCCOC(=O)CCCCC. The van der Waals surface area contributed by atoms with Crippen molar-refractivity contribution in [1.82, 2.24) is 0 Å². The van der Waals surface area contributed by atoms with Crippen LogP contribution < -0.4 is 0 Å². The van der Waals surface area contributed by atoms with Crippen LogP contribution in [0.2, 0.25) is 0 Å². The molecule has 0 fully saturated rings. The smallest absolute Gasteiger partial charge is 0.305 e. The highest BCUT2D eigenvalue weighted by molar-refractivity contribution is 5.69. The lowest BCUT2D eigenvalue weighted by Crippen LogP contribution is -2.15. The lowest BCUT2D eigenvalue weighted by Gasteiger charge is -2.09. The number of carbonyl (C=O) groups excluding carboxylic acids is 1. The van der Waals surface area contributed by atoms with Gasteiger partial charge in [-0.25, -0.2) is 0 Å². The first-order valence-corrected chi connectivity index (χ1v) is 17.6. The van der Waals surface area contributed by atoms with Gasteiger partial charge in [-0.05, 0) is 12.8 Å². The molecule has 10 nitrogen and oxygen atoms in total. The van der Waals surface area contributed by atoms with Gasteiger partial charge in [0.15, 0.2) is 0 Å². The first kappa shape index (κ1) is 43.1. The third-order valence-electron chi connectivity index (χ3n) is 6.72. The molecule has 10 heteroatoms. The lowest BCUT2D eigenvalue weighted by molar-refractivity contribution is -0.145. The molecule has 0 spiro atoms. The molecule has 0 aliphatic heterocycles. The predicted octanol–water partition coefficient (Wildman–Crippen LogP) is 6.16. The highest BCUT2D eigenvalue weighted by Crippen LogP contribution is 2.10. The normalized spacial score (nSPS) is 11.4. The summed E-state index contributed by atoms with van der Waals surface area (Å²) in [5.41, 5.74) is 0. The zero-order valence-electron chi connectivity index (χ0n) is 28.5. The maximum Gasteiger partial charge on any atom is 0.305 e. The minimum atomic E-state index is -0.152. The zero-order valence-corrected chi connectivity index (χ0v) is 28.5. The van der Waals surface area contributed by atoms with E-state index in [1.165, 1.54) is 57.8 Å². The van der Waals surface area contributed by atoms with E-state index in [-0.39, 0.29) is 5.97 Å². The molecule has 0 aliphatic rings. The summed E-state index contributed by atoms with van der Waals surface area (Å²) in [6.07, 6.45) is 16.9. The van der Waals surface area contributed by atoms with Crippen LogP contribution in [0.15, 0.2) is 0 Å². The van der Waals surface area contributed by atoms with Gasteiger partial charge >= 0.3 is 5.97 Å². The number of carbonyl (C=O) groups is 1. The fraction of sp³-hybridized carbons (Fsp3) is 0.971. The topological polar surface area (TPSA) is 100 Å². The maximum absolute atomic E-state index is 11.5. The Bertz CT molecular complexity index is 538. The Morgan fingerprint density at radius 1 is 0.318 bits per heavy atom. The van der Waals surface area contributed by atoms with E-state index in [2.05, 4.69) is 13.8 Å². The van der Waals surface area contributed by atoms with Crippen molar-refractivity contribution in [2.45, 2.75) is 104 Å². The number of unbranched alkanes of at least 4 members (excludes halogenated alkanes) is 11. The van der Waals surface area contributed by atoms with E-state index in [9.17, 15) is 4.79 Å². The second-order valence-corrected chi connectivity index (χ2v) is 10.8. The molecule has 0 saturated carbocycles. The number of hydrogen-bond acceptors (Lipinski definition) is 10. The van der Waals surface area contributed by atoms with Gasteiger partial charge in [-0.1, -0.05) is 84.5 Å². The van der Waals surface area contributed by atoms with Crippen LogP contribution in [0.1, 0.15) is 104 Å². The second kappa shape index (κ2) is 40.2. The monoisotopic (exact) mass is 636 g/mol. The predicted molar refractivity (Wildman–Crippen MR) is 173 cm³/mol. The summed E-state index contributed by atoms with van der Waals surface area (Å²) in [6.45, 7) is 13.4. The van der Waals surface area contributed by atoms with Crippen molar-refractivity contribution in [3.63, 3.8) is 0 Å². The van der Waals surface area contributed by atoms with Crippen LogP contribution in [0.3, 0.4) is 0 Å². The van der Waals surface area contributed by atoms with Gasteiger partial charge in [0.1, 0.15) is 6.61 Å². The Hall–Kier alpha value is -0.850. The van der Waals surface area contributed by atoms with Crippen molar-refractivity contribution in [2.75, 3.05) is 112 Å². The minimum Gasteiger partial charge on any atom is -0.463 e. The van der Waals surface area contributed by atoms with Crippen molar-refractivity contribution in [3.8, 4) is 0 Å². The first-order chi connectivity index (χ1) is 21.8. The van der Waals surface area contributed by atoms with Gasteiger partial charge in [-0.2, -0.15) is 0 Å². The molecule has 0 atom stereocenters. The summed E-state index contributed by atoms with van der Waals surface area (Å²) in [4.78, 5) is 11.5. The third kappa shape index (κ3) is 39.2. The molecule has 0 aliphatic carbocycles. The van der Waals surface area contributed by atoms with Gasteiger partial charge in [0.25, 0.3) is 0 Å². The Morgan fingerprint density at radius 3 is 0.955 bits per heavy atom. The minimum absolute atomic E-state index is 0.152. The summed E-state index contributed by atoms with van der Waals surface area (Å²) in [5, 5.41) is 0. The Kier molecular flexibility index (Phi) is 39.4. The van der Waals surface area contributed by atoms with Crippen LogP contribution in [-0.4, -0.2) is 118 Å². The molecular formula is C34H68O10. The van der Waals surface area contributed by atoms with Gasteiger partial charge in [-0.15, -0.1) is 0 Å². The van der Waals surface area contributed by atoms with Crippen LogP contribution in [0.5, 0.6) is 0 Å². The molecule has 0 bridgehead atoms. The molecule has 0 N–H and O–H groups in total. The van der Waals surface area contributed by atoms with Crippen LogP contribution in [0.4, 0.5) is 0 Å². The van der Waals surface area contributed by atoms with E-state index >= 15 is 0 Å². The van der Waals surface area contributed by atoms with E-state index in [0.717, 1.165) is 32.3 Å². The van der Waals surface area contributed by atoms with Crippen molar-refractivity contribution < 1.29 is 47.4 Å². The van der Waals surface area contributed by atoms with E-state index < -0.39 is 0 Å². The number of rotatable bonds is 39. The summed E-state index contributed by atoms with van der Waals surface area (Å²) in [6, 6.07) is 0. The fourth-order valence-corrected chi connectivity index (χ4v) is 4.14. The van der Waals surface area contributed by atoms with Gasteiger partial charge in [0.2, 0.25) is 0 Å². The lowest BCUT2D eigenvalue weighted by atomic mass is 10.1. The molecule has 0 radical (unpaired) electrons. The molecule has 0 aromatic rings. The van der Waals surface area contributed by atoms with E-state index in [1.54, 1.807) is 0 Å². The highest BCUT2D eigenvalue weighted by Gasteiger charge is 2.02. The molecule has 0 aromatic heterocycles. The van der Waals surface area contributed by atoms with Crippen LogP contribution in [0, 0.1) is 0 Å². The zero-order chi connectivity index (χ0) is 31.9. The van der Waals surface area contributed by atoms with Crippen LogP contribution in [-0.2, 0) is 47.4 Å². The number of esters is 1. The standard InChI is InChI=1S/C34H68O10/c1-3-5-7-8-9-10-11-12-13-15-17-36-18-19-37-20-21-38-22-23-39-24-25-40-26-27-41-28-29-42-30-31-43-32-33-44-34(35)16-14-6-4-2/h3-33H2,1-2H3. The number of hydrogen-bond donors (Lipinski definition) is 0. The molecule has 0 rings (SSSR count). The molecule has 0 heterocycles. The van der Waals surface area contributed by atoms with E-state index in [1.807, 2.05) is 0 Å². The molecule has 264 valence electrons. The van der Waals surface area contributed by atoms with Crippen molar-refractivity contribution >= 4 is 5.97 Å². The molecule has 0 amide bonds. The molecule has 44 heavy (non-hydrogen) atoms. The average molecular weight is 637 g/mol. The summed E-state index contributed by atoms with van der Waals surface area (Å²) in [7, 11) is 0. The van der Waals surface area contributed by atoms with Gasteiger partial charge in [0, 0.05) is 13.0 Å². The number of ether oxygens (including phenoxy) is 9. The summed E-state index contributed by atoms with van der Waals surface area (Å²) < 4.78 is 49.1. The third-order valence-corrected chi connectivity index (χ3v) is 6.72. The van der Waals surface area contributed by atoms with E-state index in [0.29, 0.717) is 112 Å². The van der Waals surface area contributed by atoms with Gasteiger partial charge in [0.05, 0.1) is 99.1 Å². The fourth-order valence-electron chi connectivity index (χ4n) is 4.14. The first-order valence-electron chi connectivity index (χ1n) is 17.6. The molecule has 0 saturated heterocycles. The quantitative estimate of drug-likeness (QED) is 0.0576. The van der Waals surface area contributed by atoms with Crippen molar-refractivity contribution in [2.24, 2.45) is 0 Å². The molecular weight excluding hydrogens is 568 g/mol. The Morgan fingerprint density at radius 2 is 0.591 bits per heavy atom. The summed E-state index contributed by atoms with van der Waals surface area (Å²) in [5.74, 6) is -0.152. The van der Waals surface area contributed by atoms with Gasteiger partial charge in [-0.3, -0.25) is 4.79 Å². The van der Waals surface area contributed by atoms with Crippen LogP contribution in [0.25, 0.3) is 0 Å². The van der Waals surface area contributed by atoms with Crippen LogP contribution >= 0.6 is 0 Å². The Balaban J connectivity index is 3.07.